The number of esters is 2. The van der Waals surface area contributed by atoms with Crippen LogP contribution in [0.25, 0.3) is 10.8 Å². The highest BCUT2D eigenvalue weighted by atomic mass is 16.5. The zero-order valence-electron chi connectivity index (χ0n) is 18.3. The third kappa shape index (κ3) is 3.73. The molecule has 0 saturated carbocycles. The van der Waals surface area contributed by atoms with Gasteiger partial charge in [0.05, 0.1) is 12.5 Å². The molecule has 0 spiro atoms. The molecule has 0 unspecified atom stereocenters. The Morgan fingerprint density at radius 2 is 1.69 bits per heavy atom. The van der Waals surface area contributed by atoms with Crippen LogP contribution in [-0.4, -0.2) is 25.0 Å². The van der Waals surface area contributed by atoms with E-state index in [1.54, 1.807) is 19.9 Å². The fraction of sp³-hybridized carbons (Fsp3) is 0.269. The number of nitrogens with one attached hydrogen (secondary N) is 1. The lowest BCUT2D eigenvalue weighted by Gasteiger charge is -2.40. The first kappa shape index (κ1) is 21.6. The molecular weight excluding hydrogens is 406 g/mol. The van der Waals surface area contributed by atoms with Gasteiger partial charge >= 0.3 is 11.9 Å². The van der Waals surface area contributed by atoms with Gasteiger partial charge in [-0.25, -0.2) is 0 Å². The Kier molecular flexibility index (Phi) is 5.70. The Bertz CT molecular complexity index is 1190. The Morgan fingerprint density at radius 3 is 2.41 bits per heavy atom. The van der Waals surface area contributed by atoms with Crippen LogP contribution >= 0.6 is 0 Å². The molecule has 32 heavy (non-hydrogen) atoms. The van der Waals surface area contributed by atoms with E-state index in [1.165, 1.54) is 7.11 Å². The molecule has 0 aromatic heterocycles. The quantitative estimate of drug-likeness (QED) is 0.376. The van der Waals surface area contributed by atoms with Crippen molar-refractivity contribution in [3.05, 3.63) is 77.9 Å². The Balaban J connectivity index is 1.82. The molecule has 0 fully saturated rings. The number of fused-ring (bicyclic) bond motifs is 3. The summed E-state index contributed by atoms with van der Waals surface area (Å²) in [6.07, 6.45) is 0. The third-order valence-electron chi connectivity index (χ3n) is 6.12. The summed E-state index contributed by atoms with van der Waals surface area (Å²) in [5, 5.41) is 4.61. The van der Waals surface area contributed by atoms with Crippen molar-refractivity contribution in [3.8, 4) is 5.75 Å². The smallest absolute Gasteiger partial charge is 0.324 e. The van der Waals surface area contributed by atoms with E-state index in [9.17, 15) is 14.4 Å². The first-order valence-corrected chi connectivity index (χ1v) is 10.5. The van der Waals surface area contributed by atoms with Crippen LogP contribution in [0.4, 0.5) is 0 Å². The second-order valence-electron chi connectivity index (χ2n) is 8.49. The summed E-state index contributed by atoms with van der Waals surface area (Å²) in [5.41, 5.74) is 0.402. The van der Waals surface area contributed by atoms with Gasteiger partial charge < -0.3 is 14.8 Å². The average Bonchev–Trinajstić information content (AvgIpc) is 2.81. The summed E-state index contributed by atoms with van der Waals surface area (Å²) in [7, 11) is 1.31. The molecule has 3 aromatic rings. The first-order chi connectivity index (χ1) is 15.3. The fourth-order valence-corrected chi connectivity index (χ4v) is 4.48. The number of hydrogen-bond acceptors (Lipinski definition) is 5. The number of benzene rings is 3. The van der Waals surface area contributed by atoms with Gasteiger partial charge in [0.2, 0.25) is 5.91 Å². The largest absolute Gasteiger partial charge is 0.469 e. The Hall–Kier alpha value is -3.67. The van der Waals surface area contributed by atoms with Crippen LogP contribution in [0.3, 0.4) is 0 Å². The van der Waals surface area contributed by atoms with Gasteiger partial charge in [-0.05, 0) is 36.2 Å². The van der Waals surface area contributed by atoms with E-state index < -0.39 is 35.1 Å². The number of hydrogen-bond donors (Lipinski definition) is 1. The maximum atomic E-state index is 13.3. The van der Waals surface area contributed by atoms with Crippen molar-refractivity contribution in [2.45, 2.75) is 26.3 Å². The highest BCUT2D eigenvalue weighted by molar-refractivity contribution is 6.04. The lowest BCUT2D eigenvalue weighted by Crippen LogP contribution is -2.49. The molecular formula is C26H25NO5. The summed E-state index contributed by atoms with van der Waals surface area (Å²) in [4.78, 5) is 39.2. The van der Waals surface area contributed by atoms with Gasteiger partial charge in [0.25, 0.3) is 0 Å². The summed E-state index contributed by atoms with van der Waals surface area (Å²) in [5.74, 6) is -3.28. The molecule has 6 nitrogen and oxygen atoms in total. The van der Waals surface area contributed by atoms with Crippen LogP contribution in [0, 0.1) is 11.3 Å². The van der Waals surface area contributed by atoms with Crippen LogP contribution in [0.5, 0.6) is 5.75 Å². The standard InChI is InChI=1S/C26H25NO5/c1-26(2,25(30)31-3)22-20-18-12-8-7-11-17(18)13-14-19(20)32-24(29)21(22)23(28)27-15-16-9-5-4-6-10-16/h4-14,21-22H,15H2,1-3H3,(H,27,28)/t21-,22+/m1/s1. The molecule has 1 amide bonds. The van der Waals surface area contributed by atoms with Crippen molar-refractivity contribution >= 4 is 28.6 Å². The van der Waals surface area contributed by atoms with Crippen LogP contribution in [0.1, 0.15) is 30.9 Å². The molecule has 0 bridgehead atoms. The maximum Gasteiger partial charge on any atom is 0.324 e. The topological polar surface area (TPSA) is 81.7 Å². The maximum absolute atomic E-state index is 13.3. The predicted octanol–water partition coefficient (Wildman–Crippen LogP) is 3.97. The zero-order chi connectivity index (χ0) is 22.9. The lowest BCUT2D eigenvalue weighted by molar-refractivity contribution is -0.157. The molecule has 2 atom stereocenters. The van der Waals surface area contributed by atoms with Gasteiger partial charge in [0.15, 0.2) is 0 Å². The van der Waals surface area contributed by atoms with Crippen LogP contribution in [0.15, 0.2) is 66.7 Å². The minimum atomic E-state index is -1.20. The molecule has 1 aliphatic rings. The van der Waals surface area contributed by atoms with E-state index in [-0.39, 0.29) is 6.54 Å². The van der Waals surface area contributed by atoms with Crippen molar-refractivity contribution in [2.75, 3.05) is 7.11 Å². The lowest BCUT2D eigenvalue weighted by atomic mass is 9.65. The number of carbonyl (C=O) groups is 3. The van der Waals surface area contributed by atoms with E-state index >= 15 is 0 Å². The molecule has 1 N–H and O–H groups in total. The van der Waals surface area contributed by atoms with Crippen molar-refractivity contribution in [3.63, 3.8) is 0 Å². The van der Waals surface area contributed by atoms with Gasteiger partial charge in [0.1, 0.15) is 11.7 Å². The van der Waals surface area contributed by atoms with Gasteiger partial charge in [-0.1, -0.05) is 60.7 Å². The van der Waals surface area contributed by atoms with Crippen molar-refractivity contribution in [1.29, 1.82) is 0 Å². The molecule has 1 heterocycles. The molecule has 1 aliphatic heterocycles. The number of methoxy groups -OCH3 is 1. The SMILES string of the molecule is COC(=O)C(C)(C)[C@H]1c2c(ccc3ccccc23)OC(=O)[C@H]1C(=O)NCc1ccccc1. The molecule has 0 aliphatic carbocycles. The van der Waals surface area contributed by atoms with Gasteiger partial charge in [-0.3, -0.25) is 14.4 Å². The second-order valence-corrected chi connectivity index (χ2v) is 8.49. The Morgan fingerprint density at radius 1 is 1.00 bits per heavy atom. The summed E-state index contributed by atoms with van der Waals surface area (Å²) in [6, 6.07) is 20.6. The molecule has 6 heteroatoms. The summed E-state index contributed by atoms with van der Waals surface area (Å²) in [6.45, 7) is 3.66. The number of amides is 1. The van der Waals surface area contributed by atoms with Gasteiger partial charge in [0, 0.05) is 18.0 Å². The molecule has 164 valence electrons. The van der Waals surface area contributed by atoms with Crippen molar-refractivity contribution in [1.82, 2.24) is 5.32 Å². The van der Waals surface area contributed by atoms with Gasteiger partial charge in [-0.2, -0.15) is 0 Å². The predicted molar refractivity (Wildman–Crippen MR) is 120 cm³/mol. The number of rotatable bonds is 5. The van der Waals surface area contributed by atoms with Crippen LogP contribution in [-0.2, 0) is 25.7 Å². The highest BCUT2D eigenvalue weighted by Gasteiger charge is 2.53. The van der Waals surface area contributed by atoms with Crippen molar-refractivity contribution in [2.24, 2.45) is 11.3 Å². The average molecular weight is 431 g/mol. The monoisotopic (exact) mass is 431 g/mol. The first-order valence-electron chi connectivity index (χ1n) is 10.5. The molecule has 0 radical (unpaired) electrons. The van der Waals surface area contributed by atoms with E-state index in [0.717, 1.165) is 16.3 Å². The zero-order valence-corrected chi connectivity index (χ0v) is 18.3. The highest BCUT2D eigenvalue weighted by Crippen LogP contribution is 2.51. The van der Waals surface area contributed by atoms with E-state index in [4.69, 9.17) is 9.47 Å². The molecule has 3 aromatic carbocycles. The summed E-state index contributed by atoms with van der Waals surface area (Å²) < 4.78 is 10.7. The summed E-state index contributed by atoms with van der Waals surface area (Å²) >= 11 is 0. The van der Waals surface area contributed by atoms with Gasteiger partial charge in [-0.15, -0.1) is 0 Å². The number of carbonyl (C=O) groups excluding carboxylic acids is 3. The van der Waals surface area contributed by atoms with Crippen LogP contribution in [0.2, 0.25) is 0 Å². The third-order valence-corrected chi connectivity index (χ3v) is 6.12. The van der Waals surface area contributed by atoms with Crippen molar-refractivity contribution < 1.29 is 23.9 Å². The Labute approximate surface area is 186 Å². The second kappa shape index (κ2) is 8.46. The minimum Gasteiger partial charge on any atom is -0.469 e. The van der Waals surface area contributed by atoms with E-state index in [0.29, 0.717) is 11.3 Å². The van der Waals surface area contributed by atoms with E-state index in [2.05, 4.69) is 5.32 Å². The normalized spacial score (nSPS) is 17.9. The molecule has 4 rings (SSSR count). The molecule has 0 saturated heterocycles. The van der Waals surface area contributed by atoms with E-state index in [1.807, 2.05) is 60.7 Å². The van der Waals surface area contributed by atoms with Crippen LogP contribution < -0.4 is 10.1 Å². The fourth-order valence-electron chi connectivity index (χ4n) is 4.48. The minimum absolute atomic E-state index is 0.261. The number of ether oxygens (including phenoxy) is 2.